The molecule has 30 heavy (non-hydrogen) atoms. The van der Waals surface area contributed by atoms with Crippen molar-refractivity contribution in [1.82, 2.24) is 9.47 Å². The predicted molar refractivity (Wildman–Crippen MR) is 117 cm³/mol. The highest BCUT2D eigenvalue weighted by molar-refractivity contribution is 6.07. The van der Waals surface area contributed by atoms with E-state index >= 15 is 0 Å². The molecule has 0 spiro atoms. The zero-order valence-electron chi connectivity index (χ0n) is 19.0. The van der Waals surface area contributed by atoms with E-state index in [1.54, 1.807) is 49.4 Å². The highest BCUT2D eigenvalue weighted by atomic mass is 16.5. The second kappa shape index (κ2) is 9.74. The number of carbonyl (C=O) groups excluding carboxylic acids is 3. The van der Waals surface area contributed by atoms with Crippen molar-refractivity contribution in [2.75, 3.05) is 13.2 Å². The quantitative estimate of drug-likeness (QED) is 0.482. The molecule has 0 N–H and O–H groups in total. The number of hydrogen-bond acceptors (Lipinski definition) is 4. The minimum Gasteiger partial charge on any atom is -0.461 e. The SMILES string of the molecule is CCOC(=O)c1c(C)c(C(=O)C(C)N(CC(C)C)C(=O)c2ccccc2)c(C)n1C. The number of ether oxygens (including phenoxy) is 1. The van der Waals surface area contributed by atoms with Gasteiger partial charge in [-0.1, -0.05) is 32.0 Å². The van der Waals surface area contributed by atoms with Gasteiger partial charge < -0.3 is 14.2 Å². The molecule has 1 heterocycles. The van der Waals surface area contributed by atoms with Crippen LogP contribution in [-0.4, -0.2) is 46.3 Å². The first-order valence-corrected chi connectivity index (χ1v) is 10.3. The number of nitrogens with zero attached hydrogens (tertiary/aromatic N) is 2. The lowest BCUT2D eigenvalue weighted by Gasteiger charge is -2.30. The van der Waals surface area contributed by atoms with Crippen LogP contribution in [0.2, 0.25) is 0 Å². The maximum atomic E-state index is 13.5. The Morgan fingerprint density at radius 2 is 1.67 bits per heavy atom. The van der Waals surface area contributed by atoms with Crippen LogP contribution in [0.4, 0.5) is 0 Å². The molecule has 2 aromatic rings. The van der Waals surface area contributed by atoms with Crippen molar-refractivity contribution in [2.45, 2.75) is 47.6 Å². The fourth-order valence-corrected chi connectivity index (χ4v) is 3.74. The highest BCUT2D eigenvalue weighted by Crippen LogP contribution is 2.25. The van der Waals surface area contributed by atoms with Gasteiger partial charge in [-0.15, -0.1) is 0 Å². The summed E-state index contributed by atoms with van der Waals surface area (Å²) in [6.07, 6.45) is 0. The Bertz CT molecular complexity index is 928. The monoisotopic (exact) mass is 412 g/mol. The average molecular weight is 413 g/mol. The molecular weight excluding hydrogens is 380 g/mol. The number of rotatable bonds is 8. The summed E-state index contributed by atoms with van der Waals surface area (Å²) < 4.78 is 6.85. The van der Waals surface area contributed by atoms with E-state index in [1.807, 2.05) is 39.0 Å². The van der Waals surface area contributed by atoms with Crippen LogP contribution >= 0.6 is 0 Å². The number of esters is 1. The topological polar surface area (TPSA) is 68.6 Å². The minimum absolute atomic E-state index is 0.179. The first-order chi connectivity index (χ1) is 14.1. The summed E-state index contributed by atoms with van der Waals surface area (Å²) in [5, 5.41) is 0. The van der Waals surface area contributed by atoms with Crippen LogP contribution in [0.25, 0.3) is 0 Å². The first kappa shape index (κ1) is 23.4. The lowest BCUT2D eigenvalue weighted by atomic mass is 9.98. The second-order valence-corrected chi connectivity index (χ2v) is 7.97. The van der Waals surface area contributed by atoms with E-state index in [2.05, 4.69) is 0 Å². The molecule has 0 saturated carbocycles. The number of Topliss-reactive ketones (excluding diaryl/α,β-unsaturated/α-hetero) is 1. The van der Waals surface area contributed by atoms with Crippen molar-refractivity contribution < 1.29 is 19.1 Å². The number of amides is 1. The fraction of sp³-hybridized carbons (Fsp3) is 0.458. The lowest BCUT2D eigenvalue weighted by Crippen LogP contribution is -2.45. The summed E-state index contributed by atoms with van der Waals surface area (Å²) in [6, 6.07) is 8.31. The van der Waals surface area contributed by atoms with Gasteiger partial charge in [0.25, 0.3) is 5.91 Å². The van der Waals surface area contributed by atoms with Crippen molar-refractivity contribution in [3.8, 4) is 0 Å². The van der Waals surface area contributed by atoms with Crippen LogP contribution in [-0.2, 0) is 11.8 Å². The number of aromatic nitrogens is 1. The summed E-state index contributed by atoms with van der Waals surface area (Å²) in [7, 11) is 1.75. The molecule has 6 heteroatoms. The third-order valence-corrected chi connectivity index (χ3v) is 5.34. The standard InChI is InChI=1S/C24H32N2O4/c1-8-30-24(29)21-16(4)20(17(5)25(21)7)22(27)18(6)26(14-15(2)3)23(28)19-12-10-9-11-13-19/h9-13,15,18H,8,14H2,1-7H3. The van der Waals surface area contributed by atoms with E-state index in [9.17, 15) is 14.4 Å². The molecule has 1 aromatic heterocycles. The van der Waals surface area contributed by atoms with E-state index in [-0.39, 0.29) is 24.2 Å². The van der Waals surface area contributed by atoms with Gasteiger partial charge in [-0.3, -0.25) is 9.59 Å². The molecular formula is C24H32N2O4. The molecule has 0 aliphatic rings. The summed E-state index contributed by atoms with van der Waals surface area (Å²) in [6.45, 7) is 11.8. The van der Waals surface area contributed by atoms with Crippen LogP contribution in [0, 0.1) is 19.8 Å². The molecule has 0 bridgehead atoms. The Balaban J connectivity index is 2.46. The van der Waals surface area contributed by atoms with Crippen LogP contribution in [0.15, 0.2) is 30.3 Å². The van der Waals surface area contributed by atoms with E-state index in [0.29, 0.717) is 34.6 Å². The van der Waals surface area contributed by atoms with Crippen molar-refractivity contribution in [2.24, 2.45) is 13.0 Å². The molecule has 6 nitrogen and oxygen atoms in total. The number of ketones is 1. The molecule has 2 rings (SSSR count). The molecule has 0 aliphatic carbocycles. The number of hydrogen-bond donors (Lipinski definition) is 0. The Kier molecular flexibility index (Phi) is 7.59. The smallest absolute Gasteiger partial charge is 0.355 e. The van der Waals surface area contributed by atoms with Gasteiger partial charge in [-0.25, -0.2) is 4.79 Å². The Hall–Kier alpha value is -2.89. The molecule has 0 radical (unpaired) electrons. The number of benzene rings is 1. The molecule has 0 saturated heterocycles. The van der Waals surface area contributed by atoms with Crippen LogP contribution in [0.5, 0.6) is 0 Å². The van der Waals surface area contributed by atoms with E-state index in [0.717, 1.165) is 0 Å². The Labute approximate surface area is 178 Å². The van der Waals surface area contributed by atoms with Gasteiger partial charge in [0.1, 0.15) is 5.69 Å². The zero-order valence-corrected chi connectivity index (χ0v) is 19.0. The average Bonchev–Trinajstić information content (AvgIpc) is 2.93. The maximum Gasteiger partial charge on any atom is 0.355 e. The molecule has 162 valence electrons. The molecule has 1 unspecified atom stereocenters. The van der Waals surface area contributed by atoms with Crippen molar-refractivity contribution in [1.29, 1.82) is 0 Å². The molecule has 0 fully saturated rings. The van der Waals surface area contributed by atoms with Gasteiger partial charge >= 0.3 is 5.97 Å². The summed E-state index contributed by atoms with van der Waals surface area (Å²) in [5.41, 5.74) is 2.66. The van der Waals surface area contributed by atoms with E-state index < -0.39 is 12.0 Å². The number of carbonyl (C=O) groups is 3. The predicted octanol–water partition coefficient (Wildman–Crippen LogP) is 4.19. The molecule has 1 amide bonds. The largest absolute Gasteiger partial charge is 0.461 e. The third-order valence-electron chi connectivity index (χ3n) is 5.34. The van der Waals surface area contributed by atoms with Crippen molar-refractivity contribution >= 4 is 17.7 Å². The van der Waals surface area contributed by atoms with E-state index in [4.69, 9.17) is 4.74 Å². The van der Waals surface area contributed by atoms with Crippen LogP contribution < -0.4 is 0 Å². The van der Waals surface area contributed by atoms with Gasteiger partial charge in [0.15, 0.2) is 5.78 Å². The van der Waals surface area contributed by atoms with Gasteiger partial charge in [-0.05, 0) is 51.3 Å². The summed E-state index contributed by atoms with van der Waals surface area (Å²) in [4.78, 5) is 40.7. The Morgan fingerprint density at radius 3 is 2.20 bits per heavy atom. The van der Waals surface area contributed by atoms with Gasteiger partial charge in [-0.2, -0.15) is 0 Å². The molecule has 1 atom stereocenters. The van der Waals surface area contributed by atoms with Crippen LogP contribution in [0.1, 0.15) is 70.2 Å². The van der Waals surface area contributed by atoms with Crippen molar-refractivity contribution in [3.63, 3.8) is 0 Å². The lowest BCUT2D eigenvalue weighted by molar-refractivity contribution is 0.0513. The van der Waals surface area contributed by atoms with Gasteiger partial charge in [0.05, 0.1) is 12.6 Å². The zero-order chi connectivity index (χ0) is 22.6. The van der Waals surface area contributed by atoms with Gasteiger partial charge in [0, 0.05) is 30.4 Å². The van der Waals surface area contributed by atoms with Crippen LogP contribution in [0.3, 0.4) is 0 Å². The van der Waals surface area contributed by atoms with E-state index in [1.165, 1.54) is 0 Å². The maximum absolute atomic E-state index is 13.5. The first-order valence-electron chi connectivity index (χ1n) is 10.3. The molecule has 1 aromatic carbocycles. The summed E-state index contributed by atoms with van der Waals surface area (Å²) >= 11 is 0. The second-order valence-electron chi connectivity index (χ2n) is 7.97. The van der Waals surface area contributed by atoms with Gasteiger partial charge in [0.2, 0.25) is 0 Å². The Morgan fingerprint density at radius 1 is 1.07 bits per heavy atom. The minimum atomic E-state index is -0.671. The fourth-order valence-electron chi connectivity index (χ4n) is 3.74. The third kappa shape index (κ3) is 4.64. The normalized spacial score (nSPS) is 12.0. The van der Waals surface area contributed by atoms with Crippen molar-refractivity contribution in [3.05, 3.63) is 58.4 Å². The summed E-state index contributed by atoms with van der Waals surface area (Å²) in [5.74, 6) is -0.615. The molecule has 0 aliphatic heterocycles. The highest BCUT2D eigenvalue weighted by Gasteiger charge is 2.33.